The van der Waals surface area contributed by atoms with Crippen LogP contribution in [0.1, 0.15) is 31.1 Å². The summed E-state index contributed by atoms with van der Waals surface area (Å²) in [5, 5.41) is 0.662. The lowest BCUT2D eigenvalue weighted by atomic mass is 9.99. The summed E-state index contributed by atoms with van der Waals surface area (Å²) >= 11 is 6.06. The van der Waals surface area contributed by atoms with Gasteiger partial charge in [0.15, 0.2) is 0 Å². The molecule has 2 aromatic rings. The number of hydrogen-bond donors (Lipinski definition) is 0. The Balaban J connectivity index is 1.91. The van der Waals surface area contributed by atoms with E-state index in [2.05, 4.69) is 4.57 Å². The molecule has 0 fully saturated rings. The van der Waals surface area contributed by atoms with Gasteiger partial charge in [0.25, 0.3) is 0 Å². The summed E-state index contributed by atoms with van der Waals surface area (Å²) < 4.78 is 2.17. The molecule has 0 saturated carbocycles. The van der Waals surface area contributed by atoms with E-state index in [1.165, 1.54) is 4.90 Å². The van der Waals surface area contributed by atoms with Crippen molar-refractivity contribution in [3.05, 3.63) is 58.9 Å². The summed E-state index contributed by atoms with van der Waals surface area (Å²) in [4.78, 5) is 30.8. The first-order valence-corrected chi connectivity index (χ1v) is 9.85. The Bertz CT molecular complexity index is 844. The number of aromatic nitrogens is 1. The molecule has 0 spiro atoms. The molecule has 1 aromatic heterocycles. The summed E-state index contributed by atoms with van der Waals surface area (Å²) in [7, 11) is 3.40. The van der Waals surface area contributed by atoms with E-state index in [1.54, 1.807) is 19.0 Å². The molecule has 1 atom stereocenters. The normalized spacial score (nSPS) is 16.1. The molecule has 150 valence electrons. The van der Waals surface area contributed by atoms with Crippen LogP contribution in [0.5, 0.6) is 0 Å². The minimum atomic E-state index is -0.197. The van der Waals surface area contributed by atoms with Crippen LogP contribution in [0.15, 0.2) is 42.6 Å². The van der Waals surface area contributed by atoms with Gasteiger partial charge in [0.05, 0.1) is 6.04 Å². The molecule has 3 rings (SSSR count). The Labute approximate surface area is 171 Å². The van der Waals surface area contributed by atoms with Crippen LogP contribution in [0.4, 0.5) is 4.79 Å². The zero-order valence-electron chi connectivity index (χ0n) is 16.8. The molecule has 2 heterocycles. The number of carbonyl (C=O) groups excluding carboxylic acids is 2. The van der Waals surface area contributed by atoms with Crippen molar-refractivity contribution >= 4 is 23.5 Å². The van der Waals surface area contributed by atoms with Crippen LogP contribution in [-0.2, 0) is 11.3 Å². The van der Waals surface area contributed by atoms with Gasteiger partial charge in [-0.15, -0.1) is 0 Å². The maximum Gasteiger partial charge on any atom is 0.320 e. The van der Waals surface area contributed by atoms with Crippen molar-refractivity contribution in [2.45, 2.75) is 32.5 Å². The number of amides is 3. The Morgan fingerprint density at radius 1 is 1.14 bits per heavy atom. The monoisotopic (exact) mass is 402 g/mol. The van der Waals surface area contributed by atoms with Crippen LogP contribution in [0, 0.1) is 0 Å². The van der Waals surface area contributed by atoms with Gasteiger partial charge in [0.2, 0.25) is 5.91 Å². The van der Waals surface area contributed by atoms with Crippen LogP contribution in [0.2, 0.25) is 5.02 Å². The summed E-state index contributed by atoms with van der Waals surface area (Å²) in [5.74, 6) is -0.0590. The van der Waals surface area contributed by atoms with Crippen LogP contribution in [0.3, 0.4) is 0 Å². The highest BCUT2D eigenvalue weighted by atomic mass is 35.5. The largest absolute Gasteiger partial charge is 0.348 e. The van der Waals surface area contributed by atoms with Crippen molar-refractivity contribution in [2.24, 2.45) is 0 Å². The van der Waals surface area contributed by atoms with E-state index in [0.29, 0.717) is 11.6 Å². The molecular weight excluding hydrogens is 376 g/mol. The van der Waals surface area contributed by atoms with Gasteiger partial charge in [-0.25, -0.2) is 4.79 Å². The third-order valence-electron chi connectivity index (χ3n) is 5.10. The maximum atomic E-state index is 13.3. The van der Waals surface area contributed by atoms with E-state index < -0.39 is 0 Å². The summed E-state index contributed by atoms with van der Waals surface area (Å²) in [6.07, 6.45) is 2.04. The lowest BCUT2D eigenvalue weighted by Gasteiger charge is -2.39. The first kappa shape index (κ1) is 20.3. The second-order valence-electron chi connectivity index (χ2n) is 7.57. The summed E-state index contributed by atoms with van der Waals surface area (Å²) in [6.45, 7) is 5.23. The lowest BCUT2D eigenvalue weighted by Crippen LogP contribution is -2.51. The number of carbonyl (C=O) groups is 2. The van der Waals surface area contributed by atoms with Crippen molar-refractivity contribution in [1.82, 2.24) is 19.3 Å². The average Bonchev–Trinajstić information content (AvgIpc) is 3.13. The molecule has 6 nitrogen and oxygen atoms in total. The third kappa shape index (κ3) is 4.02. The fourth-order valence-corrected chi connectivity index (χ4v) is 3.74. The van der Waals surface area contributed by atoms with Gasteiger partial charge in [-0.1, -0.05) is 23.7 Å². The van der Waals surface area contributed by atoms with Gasteiger partial charge in [-0.3, -0.25) is 4.79 Å². The Hall–Kier alpha value is -2.47. The van der Waals surface area contributed by atoms with E-state index in [9.17, 15) is 9.59 Å². The molecule has 28 heavy (non-hydrogen) atoms. The maximum absolute atomic E-state index is 13.3. The van der Waals surface area contributed by atoms with Crippen molar-refractivity contribution in [1.29, 1.82) is 0 Å². The van der Waals surface area contributed by atoms with E-state index in [-0.39, 0.29) is 30.6 Å². The molecule has 0 bridgehead atoms. The van der Waals surface area contributed by atoms with E-state index in [0.717, 1.165) is 17.8 Å². The molecular formula is C21H27ClN4O2. The molecule has 0 aliphatic carbocycles. The van der Waals surface area contributed by atoms with Gasteiger partial charge in [-0.2, -0.15) is 0 Å². The number of halogens is 1. The highest BCUT2D eigenvalue weighted by Crippen LogP contribution is 2.33. The lowest BCUT2D eigenvalue weighted by molar-refractivity contribution is -0.135. The highest BCUT2D eigenvalue weighted by molar-refractivity contribution is 6.30. The van der Waals surface area contributed by atoms with Gasteiger partial charge >= 0.3 is 6.03 Å². The highest BCUT2D eigenvalue weighted by Gasteiger charge is 2.34. The van der Waals surface area contributed by atoms with Crippen LogP contribution < -0.4 is 0 Å². The van der Waals surface area contributed by atoms with Gasteiger partial charge in [0.1, 0.15) is 6.54 Å². The molecule has 3 amide bonds. The van der Waals surface area contributed by atoms with Gasteiger partial charge < -0.3 is 19.3 Å². The quantitative estimate of drug-likeness (QED) is 0.786. The zero-order chi connectivity index (χ0) is 20.4. The number of urea groups is 1. The van der Waals surface area contributed by atoms with Gasteiger partial charge in [-0.05, 0) is 43.7 Å². The first-order valence-electron chi connectivity index (χ1n) is 9.47. The van der Waals surface area contributed by atoms with E-state index in [1.807, 2.05) is 61.3 Å². The van der Waals surface area contributed by atoms with Crippen LogP contribution in [0.25, 0.3) is 0 Å². The van der Waals surface area contributed by atoms with Crippen molar-refractivity contribution in [2.75, 3.05) is 27.2 Å². The van der Waals surface area contributed by atoms with E-state index in [4.69, 9.17) is 11.6 Å². The average molecular weight is 403 g/mol. The molecule has 1 aromatic carbocycles. The molecule has 0 N–H and O–H groups in total. The minimum absolute atomic E-state index is 0.0550. The molecule has 1 unspecified atom stereocenters. The number of fused-ring (bicyclic) bond motifs is 1. The second kappa shape index (κ2) is 8.27. The van der Waals surface area contributed by atoms with E-state index >= 15 is 0 Å². The molecule has 0 radical (unpaired) electrons. The predicted octanol–water partition coefficient (Wildman–Crippen LogP) is 3.47. The van der Waals surface area contributed by atoms with Crippen molar-refractivity contribution in [3.8, 4) is 0 Å². The Morgan fingerprint density at radius 2 is 1.82 bits per heavy atom. The van der Waals surface area contributed by atoms with Crippen molar-refractivity contribution in [3.63, 3.8) is 0 Å². The standard InChI is InChI=1S/C21H27ClN4O2/c1-15(2)26(21(28)23(3)4)14-19(27)25-13-12-24-11-5-6-18(24)20(25)16-7-9-17(22)10-8-16/h5-11,15,20H,12-14H2,1-4H3. The third-order valence-corrected chi connectivity index (χ3v) is 5.35. The van der Waals surface area contributed by atoms with Gasteiger partial charge in [0, 0.05) is 50.1 Å². The summed E-state index contributed by atoms with van der Waals surface area (Å²) in [5.41, 5.74) is 2.07. The fourth-order valence-electron chi connectivity index (χ4n) is 3.61. The van der Waals surface area contributed by atoms with Crippen LogP contribution >= 0.6 is 11.6 Å². The number of rotatable bonds is 4. The van der Waals surface area contributed by atoms with Crippen molar-refractivity contribution < 1.29 is 9.59 Å². The predicted molar refractivity (Wildman–Crippen MR) is 110 cm³/mol. The topological polar surface area (TPSA) is 48.8 Å². The number of hydrogen-bond acceptors (Lipinski definition) is 2. The number of nitrogens with zero attached hydrogens (tertiary/aromatic N) is 4. The Kier molecular flexibility index (Phi) is 5.98. The fraction of sp³-hybridized carbons (Fsp3) is 0.429. The second-order valence-corrected chi connectivity index (χ2v) is 8.00. The smallest absolute Gasteiger partial charge is 0.320 e. The molecule has 0 saturated heterocycles. The molecule has 1 aliphatic heterocycles. The summed E-state index contributed by atoms with van der Waals surface area (Å²) in [6, 6.07) is 11.2. The Morgan fingerprint density at radius 3 is 2.43 bits per heavy atom. The SMILES string of the molecule is CC(C)N(CC(=O)N1CCn2cccc2C1c1ccc(Cl)cc1)C(=O)N(C)C. The number of benzene rings is 1. The van der Waals surface area contributed by atoms with Crippen LogP contribution in [-0.4, -0.2) is 64.4 Å². The zero-order valence-corrected chi connectivity index (χ0v) is 17.6. The molecule has 7 heteroatoms. The minimum Gasteiger partial charge on any atom is -0.348 e. The first-order chi connectivity index (χ1) is 13.3. The molecule has 1 aliphatic rings.